The van der Waals surface area contributed by atoms with Gasteiger partial charge in [-0.2, -0.15) is 0 Å². The maximum Gasteiger partial charge on any atom is 0.311 e. The Morgan fingerprint density at radius 2 is 2.36 bits per heavy atom. The molecular weight excluding hydrogens is 350 g/mol. The highest BCUT2D eigenvalue weighted by Gasteiger charge is 2.27. The molecule has 116 valence electrons. The van der Waals surface area contributed by atoms with Gasteiger partial charge in [0.25, 0.3) is 0 Å². The van der Waals surface area contributed by atoms with Crippen molar-refractivity contribution in [1.82, 2.24) is 4.98 Å². The number of anilines is 1. The molecule has 6 nitrogen and oxygen atoms in total. The fourth-order valence-corrected chi connectivity index (χ4v) is 3.14. The van der Waals surface area contributed by atoms with Crippen molar-refractivity contribution in [3.63, 3.8) is 0 Å². The Labute approximate surface area is 136 Å². The number of benzene rings is 1. The van der Waals surface area contributed by atoms with E-state index in [1.165, 1.54) is 6.20 Å². The van der Waals surface area contributed by atoms with Crippen molar-refractivity contribution in [2.75, 3.05) is 24.6 Å². The lowest BCUT2D eigenvalue weighted by Gasteiger charge is -2.34. The smallest absolute Gasteiger partial charge is 0.311 e. The van der Waals surface area contributed by atoms with Gasteiger partial charge in [0.15, 0.2) is 0 Å². The molecule has 0 radical (unpaired) electrons. The highest BCUT2D eigenvalue weighted by atomic mass is 79.9. The van der Waals surface area contributed by atoms with Crippen molar-refractivity contribution in [3.05, 3.63) is 39.0 Å². The van der Waals surface area contributed by atoms with E-state index in [9.17, 15) is 10.1 Å². The molecule has 1 aliphatic rings. The van der Waals surface area contributed by atoms with Crippen molar-refractivity contribution in [3.8, 4) is 0 Å². The highest BCUT2D eigenvalue weighted by Crippen LogP contribution is 2.37. The monoisotopic (exact) mass is 365 g/mol. The second-order valence-electron chi connectivity index (χ2n) is 5.26. The Bertz CT molecular complexity index is 722. The fourth-order valence-electron chi connectivity index (χ4n) is 2.78. The molecule has 0 bridgehead atoms. The molecular formula is C15H16BrN3O3. The number of halogens is 1. The summed E-state index contributed by atoms with van der Waals surface area (Å²) in [7, 11) is 0. The van der Waals surface area contributed by atoms with Crippen molar-refractivity contribution >= 4 is 38.2 Å². The van der Waals surface area contributed by atoms with Crippen LogP contribution in [-0.2, 0) is 4.74 Å². The van der Waals surface area contributed by atoms with Gasteiger partial charge in [0.05, 0.1) is 23.2 Å². The summed E-state index contributed by atoms with van der Waals surface area (Å²) in [6.45, 7) is 3.93. The van der Waals surface area contributed by atoms with Crippen LogP contribution in [0.3, 0.4) is 0 Å². The van der Waals surface area contributed by atoms with Gasteiger partial charge in [0, 0.05) is 22.9 Å². The molecule has 0 aliphatic carbocycles. The highest BCUT2D eigenvalue weighted by molar-refractivity contribution is 9.10. The third-order valence-corrected chi connectivity index (χ3v) is 4.38. The number of nitro groups is 1. The minimum atomic E-state index is -0.362. The number of nitrogens with zero attached hydrogens (tertiary/aromatic N) is 3. The van der Waals surface area contributed by atoms with Crippen LogP contribution >= 0.6 is 15.9 Å². The number of rotatable bonds is 3. The van der Waals surface area contributed by atoms with Crippen LogP contribution in [0.2, 0.25) is 0 Å². The summed E-state index contributed by atoms with van der Waals surface area (Å²) in [5.74, 6) is 0. The first-order valence-corrected chi connectivity index (χ1v) is 7.98. The molecule has 0 saturated carbocycles. The van der Waals surface area contributed by atoms with E-state index < -0.39 is 0 Å². The van der Waals surface area contributed by atoms with Crippen LogP contribution in [-0.4, -0.2) is 35.7 Å². The number of aromatic nitrogens is 1. The topological polar surface area (TPSA) is 68.5 Å². The lowest BCUT2D eigenvalue weighted by Crippen LogP contribution is -2.42. The van der Waals surface area contributed by atoms with Crippen molar-refractivity contribution in [2.45, 2.75) is 19.4 Å². The molecule has 3 rings (SSSR count). The first-order chi connectivity index (χ1) is 10.6. The van der Waals surface area contributed by atoms with Gasteiger partial charge in [0.2, 0.25) is 0 Å². The standard InChI is InChI=1S/C15H16BrN3O3/c1-2-11-9-18(5-6-22-11)15-12-7-10(16)3-4-13(12)17-8-14(15)19(20)21/h3-4,7-8,11H,2,5-6,9H2,1H3/t11-/m1/s1. The van der Waals surface area contributed by atoms with Crippen LogP contribution < -0.4 is 4.90 Å². The van der Waals surface area contributed by atoms with Gasteiger partial charge < -0.3 is 9.64 Å². The molecule has 1 aromatic heterocycles. The molecule has 0 N–H and O–H groups in total. The zero-order valence-electron chi connectivity index (χ0n) is 12.2. The van der Waals surface area contributed by atoms with Gasteiger partial charge in [-0.15, -0.1) is 0 Å². The maximum atomic E-state index is 11.4. The van der Waals surface area contributed by atoms with Crippen molar-refractivity contribution < 1.29 is 9.66 Å². The van der Waals surface area contributed by atoms with Crippen LogP contribution in [0.25, 0.3) is 10.9 Å². The van der Waals surface area contributed by atoms with E-state index in [2.05, 4.69) is 27.8 Å². The summed E-state index contributed by atoms with van der Waals surface area (Å²) in [5.41, 5.74) is 1.43. The maximum absolute atomic E-state index is 11.4. The first-order valence-electron chi connectivity index (χ1n) is 7.19. The molecule has 0 unspecified atom stereocenters. The molecule has 1 aromatic carbocycles. The predicted octanol–water partition coefficient (Wildman–Crippen LogP) is 3.52. The van der Waals surface area contributed by atoms with Crippen LogP contribution in [0.15, 0.2) is 28.9 Å². The van der Waals surface area contributed by atoms with E-state index in [0.717, 1.165) is 21.8 Å². The van der Waals surface area contributed by atoms with E-state index in [1.54, 1.807) is 0 Å². The molecule has 2 heterocycles. The SMILES string of the molecule is CC[C@@H]1CN(c2c([N+](=O)[O-])cnc3ccc(Br)cc23)CCO1. The lowest BCUT2D eigenvalue weighted by atomic mass is 10.1. The number of hydrogen-bond acceptors (Lipinski definition) is 5. The second-order valence-corrected chi connectivity index (χ2v) is 6.17. The minimum Gasteiger partial charge on any atom is -0.375 e. The van der Waals surface area contributed by atoms with E-state index in [4.69, 9.17) is 4.74 Å². The van der Waals surface area contributed by atoms with Gasteiger partial charge in [-0.05, 0) is 24.6 Å². The van der Waals surface area contributed by atoms with Crippen LogP contribution in [0.1, 0.15) is 13.3 Å². The largest absolute Gasteiger partial charge is 0.375 e. The molecule has 1 fully saturated rings. The van der Waals surface area contributed by atoms with Gasteiger partial charge in [-0.1, -0.05) is 22.9 Å². The van der Waals surface area contributed by atoms with Crippen LogP contribution in [0.4, 0.5) is 11.4 Å². The normalized spacial score (nSPS) is 18.6. The van der Waals surface area contributed by atoms with E-state index in [1.807, 2.05) is 23.1 Å². The van der Waals surface area contributed by atoms with Crippen LogP contribution in [0.5, 0.6) is 0 Å². The van der Waals surface area contributed by atoms with E-state index in [0.29, 0.717) is 25.4 Å². The summed E-state index contributed by atoms with van der Waals surface area (Å²) in [6, 6.07) is 5.64. The Morgan fingerprint density at radius 3 is 3.09 bits per heavy atom. The van der Waals surface area contributed by atoms with Gasteiger partial charge >= 0.3 is 5.69 Å². The third kappa shape index (κ3) is 2.78. The molecule has 1 saturated heterocycles. The minimum absolute atomic E-state index is 0.0438. The Balaban J connectivity index is 2.17. The Kier molecular flexibility index (Phi) is 4.26. The fraction of sp³-hybridized carbons (Fsp3) is 0.400. The molecule has 1 aliphatic heterocycles. The summed E-state index contributed by atoms with van der Waals surface area (Å²) in [6.07, 6.45) is 2.34. The molecule has 7 heteroatoms. The number of ether oxygens (including phenoxy) is 1. The van der Waals surface area contributed by atoms with E-state index in [-0.39, 0.29) is 16.7 Å². The van der Waals surface area contributed by atoms with Crippen LogP contribution in [0, 0.1) is 10.1 Å². The molecule has 0 amide bonds. The third-order valence-electron chi connectivity index (χ3n) is 3.89. The quantitative estimate of drug-likeness (QED) is 0.614. The van der Waals surface area contributed by atoms with Crippen molar-refractivity contribution in [1.29, 1.82) is 0 Å². The predicted molar refractivity (Wildman–Crippen MR) is 88.3 cm³/mol. The first kappa shape index (κ1) is 15.2. The van der Waals surface area contributed by atoms with Gasteiger partial charge in [-0.25, -0.2) is 4.98 Å². The van der Waals surface area contributed by atoms with Gasteiger partial charge in [0.1, 0.15) is 11.9 Å². The Morgan fingerprint density at radius 1 is 1.55 bits per heavy atom. The summed E-state index contributed by atoms with van der Waals surface area (Å²) in [4.78, 5) is 17.3. The van der Waals surface area contributed by atoms with Gasteiger partial charge in [-0.3, -0.25) is 10.1 Å². The van der Waals surface area contributed by atoms with E-state index >= 15 is 0 Å². The number of pyridine rings is 1. The van der Waals surface area contributed by atoms with Crippen molar-refractivity contribution in [2.24, 2.45) is 0 Å². The zero-order chi connectivity index (χ0) is 15.7. The summed E-state index contributed by atoms with van der Waals surface area (Å²) >= 11 is 3.44. The molecule has 1 atom stereocenters. The molecule has 22 heavy (non-hydrogen) atoms. The average molecular weight is 366 g/mol. The average Bonchev–Trinajstić information content (AvgIpc) is 2.53. The zero-order valence-corrected chi connectivity index (χ0v) is 13.7. The summed E-state index contributed by atoms with van der Waals surface area (Å²) < 4.78 is 6.56. The molecule has 0 spiro atoms. The molecule has 2 aromatic rings. The number of hydrogen-bond donors (Lipinski definition) is 0. The lowest BCUT2D eigenvalue weighted by molar-refractivity contribution is -0.384. The summed E-state index contributed by atoms with van der Waals surface area (Å²) in [5, 5.41) is 12.2. The number of morpholine rings is 1. The number of fused-ring (bicyclic) bond motifs is 1. The second kappa shape index (κ2) is 6.18. The Hall–Kier alpha value is -1.73.